The van der Waals surface area contributed by atoms with E-state index in [2.05, 4.69) is 10.1 Å². The number of thiazole rings is 1. The van der Waals surface area contributed by atoms with Gasteiger partial charge in [-0.1, -0.05) is 12.1 Å². The first kappa shape index (κ1) is 17.0. The zero-order valence-corrected chi connectivity index (χ0v) is 15.7. The van der Waals surface area contributed by atoms with E-state index in [4.69, 9.17) is 0 Å². The van der Waals surface area contributed by atoms with Crippen molar-refractivity contribution in [2.24, 2.45) is 7.05 Å². The molecule has 1 fully saturated rings. The second-order valence-electron chi connectivity index (χ2n) is 6.59. The van der Waals surface area contributed by atoms with Crippen molar-refractivity contribution >= 4 is 27.5 Å². The Labute approximate surface area is 154 Å². The van der Waals surface area contributed by atoms with Crippen molar-refractivity contribution in [1.29, 1.82) is 0 Å². The zero-order valence-electron chi connectivity index (χ0n) is 14.9. The molecule has 0 spiro atoms. The van der Waals surface area contributed by atoms with Crippen molar-refractivity contribution < 1.29 is 4.79 Å². The van der Waals surface area contributed by atoms with Crippen LogP contribution in [-0.2, 0) is 13.6 Å². The Morgan fingerprint density at radius 3 is 2.92 bits per heavy atom. The fourth-order valence-corrected chi connectivity index (χ4v) is 4.53. The van der Waals surface area contributed by atoms with Crippen LogP contribution in [0.3, 0.4) is 0 Å². The minimum Gasteiger partial charge on any atom is -0.336 e. The highest BCUT2D eigenvalue weighted by atomic mass is 32.1. The highest BCUT2D eigenvalue weighted by molar-refractivity contribution is 7.20. The molecule has 1 atom stereocenters. The van der Waals surface area contributed by atoms with E-state index in [0.29, 0.717) is 24.6 Å². The van der Waals surface area contributed by atoms with Gasteiger partial charge in [0.1, 0.15) is 5.82 Å². The van der Waals surface area contributed by atoms with Gasteiger partial charge in [-0.2, -0.15) is 5.10 Å². The number of likely N-dealkylation sites (tertiary alicyclic amines) is 1. The lowest BCUT2D eigenvalue weighted by atomic mass is 9.97. The summed E-state index contributed by atoms with van der Waals surface area (Å²) in [4.78, 5) is 31.5. The number of carbonyl (C=O) groups is 1. The molecule has 136 valence electrons. The smallest absolute Gasteiger partial charge is 0.336 e. The number of aromatic nitrogens is 4. The number of nitrogens with zero attached hydrogens (tertiary/aromatic N) is 5. The molecule has 1 amide bonds. The van der Waals surface area contributed by atoms with Gasteiger partial charge >= 0.3 is 5.69 Å². The average molecular weight is 371 g/mol. The monoisotopic (exact) mass is 371 g/mol. The SMILES string of the molecule is CCn1c([C@H]2CCCN(C(=O)c3nc4ccccc4s3)C2)nn(C)c1=O. The van der Waals surface area contributed by atoms with Crippen LogP contribution in [0.25, 0.3) is 10.2 Å². The van der Waals surface area contributed by atoms with Gasteiger partial charge in [0, 0.05) is 32.6 Å². The molecule has 0 N–H and O–H groups in total. The number of aryl methyl sites for hydroxylation is 1. The number of carbonyl (C=O) groups excluding carboxylic acids is 1. The highest BCUT2D eigenvalue weighted by Gasteiger charge is 2.30. The maximum atomic E-state index is 13.0. The standard InChI is InChI=1S/C18H21N5O2S/c1-3-23-15(20-21(2)18(23)25)12-7-6-10-22(11-12)17(24)16-19-13-8-4-5-9-14(13)26-16/h4-5,8-9,12H,3,6-7,10-11H2,1-2H3/t12-/m0/s1. The van der Waals surface area contributed by atoms with Crippen LogP contribution in [0.1, 0.15) is 41.3 Å². The van der Waals surface area contributed by atoms with Gasteiger partial charge in [0.15, 0.2) is 5.01 Å². The van der Waals surface area contributed by atoms with Gasteiger partial charge in [-0.05, 0) is 31.9 Å². The van der Waals surface area contributed by atoms with Crippen LogP contribution in [0.4, 0.5) is 0 Å². The molecule has 1 aliphatic rings. The van der Waals surface area contributed by atoms with Crippen molar-refractivity contribution in [2.45, 2.75) is 32.2 Å². The summed E-state index contributed by atoms with van der Waals surface area (Å²) in [5, 5.41) is 4.95. The number of hydrogen-bond donors (Lipinski definition) is 0. The van der Waals surface area contributed by atoms with Gasteiger partial charge in [-0.3, -0.25) is 9.36 Å². The number of benzene rings is 1. The van der Waals surface area contributed by atoms with E-state index in [0.717, 1.165) is 28.9 Å². The molecule has 3 heterocycles. The molecule has 0 saturated carbocycles. The Hall–Kier alpha value is -2.48. The molecule has 2 aromatic heterocycles. The van der Waals surface area contributed by atoms with Crippen LogP contribution in [0.2, 0.25) is 0 Å². The topological polar surface area (TPSA) is 73.0 Å². The molecule has 0 bridgehead atoms. The summed E-state index contributed by atoms with van der Waals surface area (Å²) in [6.45, 7) is 3.82. The number of para-hydroxylation sites is 1. The molecule has 26 heavy (non-hydrogen) atoms. The van der Waals surface area contributed by atoms with E-state index < -0.39 is 0 Å². The predicted octanol–water partition coefficient (Wildman–Crippen LogP) is 2.23. The van der Waals surface area contributed by atoms with Crippen molar-refractivity contribution in [2.75, 3.05) is 13.1 Å². The molecule has 1 aromatic carbocycles. The zero-order chi connectivity index (χ0) is 18.3. The third-order valence-corrected chi connectivity index (χ3v) is 5.93. The Bertz CT molecular complexity index is 985. The molecular weight excluding hydrogens is 350 g/mol. The molecule has 0 radical (unpaired) electrons. The minimum absolute atomic E-state index is 0.0303. The second-order valence-corrected chi connectivity index (χ2v) is 7.62. The first-order valence-electron chi connectivity index (χ1n) is 8.87. The van der Waals surface area contributed by atoms with E-state index in [1.807, 2.05) is 36.1 Å². The number of piperidine rings is 1. The summed E-state index contributed by atoms with van der Waals surface area (Å²) in [6, 6.07) is 7.79. The Balaban J connectivity index is 1.59. The molecule has 0 aliphatic carbocycles. The van der Waals surface area contributed by atoms with Gasteiger partial charge < -0.3 is 4.90 Å². The normalized spacial score (nSPS) is 17.8. The summed E-state index contributed by atoms with van der Waals surface area (Å²) in [6.07, 6.45) is 1.83. The lowest BCUT2D eigenvalue weighted by molar-refractivity contribution is 0.0703. The summed E-state index contributed by atoms with van der Waals surface area (Å²) in [7, 11) is 1.67. The van der Waals surface area contributed by atoms with Crippen molar-refractivity contribution in [3.05, 3.63) is 45.6 Å². The van der Waals surface area contributed by atoms with E-state index in [9.17, 15) is 9.59 Å². The van der Waals surface area contributed by atoms with Gasteiger partial charge in [0.25, 0.3) is 5.91 Å². The van der Waals surface area contributed by atoms with Crippen molar-refractivity contribution in [1.82, 2.24) is 24.2 Å². The maximum absolute atomic E-state index is 13.0. The van der Waals surface area contributed by atoms with Crippen LogP contribution in [-0.4, -0.2) is 43.2 Å². The maximum Gasteiger partial charge on any atom is 0.345 e. The van der Waals surface area contributed by atoms with Crippen LogP contribution in [0, 0.1) is 0 Å². The largest absolute Gasteiger partial charge is 0.345 e. The van der Waals surface area contributed by atoms with Gasteiger partial charge in [0.2, 0.25) is 0 Å². The lowest BCUT2D eigenvalue weighted by Crippen LogP contribution is -2.40. The fraction of sp³-hybridized carbons (Fsp3) is 0.444. The highest BCUT2D eigenvalue weighted by Crippen LogP contribution is 2.28. The van der Waals surface area contributed by atoms with Crippen molar-refractivity contribution in [3.8, 4) is 0 Å². The number of rotatable bonds is 3. The Morgan fingerprint density at radius 1 is 1.35 bits per heavy atom. The Morgan fingerprint density at radius 2 is 2.15 bits per heavy atom. The first-order chi connectivity index (χ1) is 12.6. The third kappa shape index (κ3) is 2.84. The second kappa shape index (κ2) is 6.68. The van der Waals surface area contributed by atoms with Crippen LogP contribution in [0.15, 0.2) is 29.1 Å². The third-order valence-electron chi connectivity index (χ3n) is 4.90. The average Bonchev–Trinajstić information content (AvgIpc) is 3.22. The molecule has 3 aromatic rings. The molecule has 0 unspecified atom stereocenters. The molecule has 1 saturated heterocycles. The Kier molecular flexibility index (Phi) is 4.36. The molecular formula is C18H21N5O2S. The summed E-state index contributed by atoms with van der Waals surface area (Å²) in [5.74, 6) is 0.829. The van der Waals surface area contributed by atoms with E-state index in [1.54, 1.807) is 11.6 Å². The fourth-order valence-electron chi connectivity index (χ4n) is 3.59. The van der Waals surface area contributed by atoms with E-state index in [1.165, 1.54) is 16.0 Å². The molecule has 1 aliphatic heterocycles. The summed E-state index contributed by atoms with van der Waals surface area (Å²) in [5.41, 5.74) is 0.760. The molecule has 7 nitrogen and oxygen atoms in total. The lowest BCUT2D eigenvalue weighted by Gasteiger charge is -2.31. The van der Waals surface area contributed by atoms with Gasteiger partial charge in [0.05, 0.1) is 10.2 Å². The molecule has 4 rings (SSSR count). The van der Waals surface area contributed by atoms with E-state index in [-0.39, 0.29) is 17.5 Å². The quantitative estimate of drug-likeness (QED) is 0.708. The number of fused-ring (bicyclic) bond motifs is 1. The van der Waals surface area contributed by atoms with Gasteiger partial charge in [-0.15, -0.1) is 11.3 Å². The van der Waals surface area contributed by atoms with Crippen molar-refractivity contribution in [3.63, 3.8) is 0 Å². The number of hydrogen-bond acceptors (Lipinski definition) is 5. The number of amides is 1. The molecule has 8 heteroatoms. The van der Waals surface area contributed by atoms with Crippen LogP contribution in [0.5, 0.6) is 0 Å². The summed E-state index contributed by atoms with van der Waals surface area (Å²) < 4.78 is 4.11. The minimum atomic E-state index is -0.0999. The van der Waals surface area contributed by atoms with Gasteiger partial charge in [-0.25, -0.2) is 14.5 Å². The van der Waals surface area contributed by atoms with Crippen LogP contribution < -0.4 is 5.69 Å². The first-order valence-corrected chi connectivity index (χ1v) is 9.68. The predicted molar refractivity (Wildman–Crippen MR) is 101 cm³/mol. The summed E-state index contributed by atoms with van der Waals surface area (Å²) >= 11 is 1.43. The van der Waals surface area contributed by atoms with E-state index >= 15 is 0 Å². The van der Waals surface area contributed by atoms with Crippen LogP contribution >= 0.6 is 11.3 Å².